The van der Waals surface area contributed by atoms with Crippen LogP contribution in [-0.2, 0) is 0 Å². The summed E-state index contributed by atoms with van der Waals surface area (Å²) in [6, 6.07) is 0.599. The fourth-order valence-corrected chi connectivity index (χ4v) is 1.99. The van der Waals surface area contributed by atoms with Gasteiger partial charge in [0.15, 0.2) is 0 Å². The summed E-state index contributed by atoms with van der Waals surface area (Å²) in [5.74, 6) is 0. The van der Waals surface area contributed by atoms with E-state index in [1.165, 1.54) is 0 Å². The molecule has 0 aromatic rings. The Morgan fingerprint density at radius 2 is 2.00 bits per heavy atom. The Balaban J connectivity index is 2.33. The molecule has 0 N–H and O–H groups in total. The molecule has 1 saturated heterocycles. The van der Waals surface area contributed by atoms with E-state index in [1.54, 1.807) is 0 Å². The average Bonchev–Trinajstić information content (AvgIpc) is 2.15. The Kier molecular flexibility index (Phi) is 1.80. The highest BCUT2D eigenvalue weighted by molar-refractivity contribution is 7.82. The molecule has 1 nitrogen and oxygen atoms in total. The first-order valence-electron chi connectivity index (χ1n) is 2.72. The lowest BCUT2D eigenvalue weighted by atomic mass is 10.3. The lowest BCUT2D eigenvalue weighted by molar-refractivity contribution is 0.606. The second-order valence-electron chi connectivity index (χ2n) is 2.31. The molecule has 1 aliphatic heterocycles. The van der Waals surface area contributed by atoms with Gasteiger partial charge in [-0.25, -0.2) is 0 Å². The van der Waals surface area contributed by atoms with Crippen LogP contribution >= 0.6 is 25.3 Å². The van der Waals surface area contributed by atoms with Crippen molar-refractivity contribution in [2.45, 2.75) is 23.6 Å². The smallest absolute Gasteiger partial charge is 0.0697 e. The van der Waals surface area contributed by atoms with E-state index < -0.39 is 0 Å². The molecule has 0 spiro atoms. The number of hydrogen-bond donors (Lipinski definition) is 2. The van der Waals surface area contributed by atoms with Gasteiger partial charge in [0, 0.05) is 11.3 Å². The molecule has 8 heavy (non-hydrogen) atoms. The third-order valence-electron chi connectivity index (χ3n) is 1.60. The van der Waals surface area contributed by atoms with Crippen LogP contribution in [-0.4, -0.2) is 28.6 Å². The normalized spacial score (nSPS) is 48.8. The van der Waals surface area contributed by atoms with Gasteiger partial charge in [0.1, 0.15) is 0 Å². The summed E-state index contributed by atoms with van der Waals surface area (Å²) in [5.41, 5.74) is 0. The topological polar surface area (TPSA) is 3.01 Å². The first kappa shape index (κ1) is 6.78. The molecule has 1 fully saturated rings. The Morgan fingerprint density at radius 1 is 1.62 bits per heavy atom. The highest BCUT2D eigenvalue weighted by Gasteiger charge is 2.43. The summed E-state index contributed by atoms with van der Waals surface area (Å²) in [4.78, 5) is 2.20. The van der Waals surface area contributed by atoms with Crippen LogP contribution in [0.3, 0.4) is 0 Å². The lowest BCUT2D eigenvalue weighted by Crippen LogP contribution is -2.06. The molecule has 0 aromatic heterocycles. The molecule has 3 heteroatoms. The standard InChI is InChI=1S/C5H11NS2/c1-3(7)4-5(8)6(4)2/h3-5,7-8H,1-2H3. The minimum absolute atomic E-state index is 0.461. The Labute approximate surface area is 61.3 Å². The van der Waals surface area contributed by atoms with Crippen LogP contribution in [0, 0.1) is 0 Å². The van der Waals surface area contributed by atoms with Crippen LogP contribution in [0.15, 0.2) is 0 Å². The number of rotatable bonds is 1. The van der Waals surface area contributed by atoms with Crippen LogP contribution in [0.4, 0.5) is 0 Å². The molecule has 0 aliphatic carbocycles. The van der Waals surface area contributed by atoms with E-state index in [9.17, 15) is 0 Å². The molecule has 4 unspecified atom stereocenters. The van der Waals surface area contributed by atoms with Gasteiger partial charge in [-0.1, -0.05) is 6.92 Å². The van der Waals surface area contributed by atoms with E-state index in [4.69, 9.17) is 0 Å². The Hall–Kier alpha value is 0.660. The predicted octanol–water partition coefficient (Wildman–Crippen LogP) is 0.875. The van der Waals surface area contributed by atoms with Gasteiger partial charge >= 0.3 is 0 Å². The maximum absolute atomic E-state index is 4.28. The zero-order chi connectivity index (χ0) is 6.31. The van der Waals surface area contributed by atoms with Gasteiger partial charge in [-0.3, -0.25) is 4.90 Å². The van der Waals surface area contributed by atoms with Crippen molar-refractivity contribution in [1.29, 1.82) is 0 Å². The van der Waals surface area contributed by atoms with Crippen molar-refractivity contribution in [2.75, 3.05) is 7.05 Å². The quantitative estimate of drug-likeness (QED) is 0.413. The summed E-state index contributed by atoms with van der Waals surface area (Å²) >= 11 is 8.57. The molecular formula is C5H11NS2. The summed E-state index contributed by atoms with van der Waals surface area (Å²) < 4.78 is 0. The van der Waals surface area contributed by atoms with Gasteiger partial charge in [-0.05, 0) is 7.05 Å². The summed E-state index contributed by atoms with van der Waals surface area (Å²) in [6.07, 6.45) is 0. The molecule has 0 radical (unpaired) electrons. The van der Waals surface area contributed by atoms with E-state index in [0.717, 1.165) is 0 Å². The van der Waals surface area contributed by atoms with E-state index in [2.05, 4.69) is 44.1 Å². The van der Waals surface area contributed by atoms with Crippen molar-refractivity contribution < 1.29 is 0 Å². The molecule has 1 heterocycles. The van der Waals surface area contributed by atoms with Crippen molar-refractivity contribution in [3.63, 3.8) is 0 Å². The molecule has 1 rings (SSSR count). The number of hydrogen-bond acceptors (Lipinski definition) is 3. The van der Waals surface area contributed by atoms with E-state index in [0.29, 0.717) is 16.7 Å². The summed E-state index contributed by atoms with van der Waals surface area (Å²) in [6.45, 7) is 2.10. The zero-order valence-electron chi connectivity index (χ0n) is 5.07. The number of nitrogens with zero attached hydrogens (tertiary/aromatic N) is 1. The molecule has 0 bridgehead atoms. The fraction of sp³-hybridized carbons (Fsp3) is 1.00. The number of thiol groups is 2. The molecule has 1 aliphatic rings. The van der Waals surface area contributed by atoms with Crippen LogP contribution in [0.5, 0.6) is 0 Å². The first-order valence-corrected chi connectivity index (χ1v) is 3.76. The highest BCUT2D eigenvalue weighted by Crippen LogP contribution is 2.33. The molecule has 4 atom stereocenters. The van der Waals surface area contributed by atoms with Gasteiger partial charge in [0.25, 0.3) is 0 Å². The van der Waals surface area contributed by atoms with Crippen LogP contribution in [0.1, 0.15) is 6.92 Å². The molecule has 0 saturated carbocycles. The molecule has 0 amide bonds. The van der Waals surface area contributed by atoms with E-state index >= 15 is 0 Å². The summed E-state index contributed by atoms with van der Waals surface area (Å²) in [7, 11) is 2.06. The molecular weight excluding hydrogens is 138 g/mol. The number of likely N-dealkylation sites (N-methyl/N-ethyl adjacent to an activating group) is 1. The third kappa shape index (κ3) is 0.993. The van der Waals surface area contributed by atoms with Crippen LogP contribution < -0.4 is 0 Å². The van der Waals surface area contributed by atoms with Crippen molar-refractivity contribution >= 4 is 25.3 Å². The molecule has 0 aromatic carbocycles. The zero-order valence-corrected chi connectivity index (χ0v) is 6.86. The van der Waals surface area contributed by atoms with Crippen molar-refractivity contribution in [3.05, 3.63) is 0 Å². The summed E-state index contributed by atoms with van der Waals surface area (Å²) in [5, 5.41) is 0.921. The van der Waals surface area contributed by atoms with Gasteiger partial charge < -0.3 is 0 Å². The SMILES string of the molecule is CC(S)C1C(S)N1C. The Bertz CT molecular complexity index is 79.7. The third-order valence-corrected chi connectivity index (χ3v) is 2.57. The van der Waals surface area contributed by atoms with Gasteiger partial charge in [-0.2, -0.15) is 25.3 Å². The van der Waals surface area contributed by atoms with Crippen LogP contribution in [0.2, 0.25) is 0 Å². The lowest BCUT2D eigenvalue weighted by Gasteiger charge is -1.96. The monoisotopic (exact) mass is 149 g/mol. The first-order chi connectivity index (χ1) is 3.64. The average molecular weight is 149 g/mol. The van der Waals surface area contributed by atoms with Crippen molar-refractivity contribution in [3.8, 4) is 0 Å². The van der Waals surface area contributed by atoms with Gasteiger partial charge in [0.2, 0.25) is 0 Å². The Morgan fingerprint density at radius 3 is 2.00 bits per heavy atom. The van der Waals surface area contributed by atoms with Crippen molar-refractivity contribution in [2.24, 2.45) is 0 Å². The van der Waals surface area contributed by atoms with Crippen LogP contribution in [0.25, 0.3) is 0 Å². The second kappa shape index (κ2) is 2.12. The second-order valence-corrected chi connectivity index (χ2v) is 3.65. The van der Waals surface area contributed by atoms with Gasteiger partial charge in [-0.15, -0.1) is 0 Å². The van der Waals surface area contributed by atoms with Gasteiger partial charge in [0.05, 0.1) is 5.37 Å². The molecule has 48 valence electrons. The minimum atomic E-state index is 0.461. The maximum atomic E-state index is 4.28. The largest absolute Gasteiger partial charge is 0.287 e. The predicted molar refractivity (Wildman–Crippen MR) is 42.8 cm³/mol. The highest BCUT2D eigenvalue weighted by atomic mass is 32.1. The van der Waals surface area contributed by atoms with E-state index in [1.807, 2.05) is 0 Å². The fourth-order valence-electron chi connectivity index (χ4n) is 0.935. The maximum Gasteiger partial charge on any atom is 0.0697 e. The minimum Gasteiger partial charge on any atom is -0.287 e. The van der Waals surface area contributed by atoms with Crippen molar-refractivity contribution in [1.82, 2.24) is 4.90 Å². The van der Waals surface area contributed by atoms with E-state index in [-0.39, 0.29) is 0 Å².